The van der Waals surface area contributed by atoms with Crippen LogP contribution in [0.15, 0.2) is 91.1 Å². The molecule has 0 bridgehead atoms. The van der Waals surface area contributed by atoms with Crippen LogP contribution in [-0.4, -0.2) is 17.4 Å². The molecule has 0 spiro atoms. The number of benzene rings is 3. The minimum Gasteiger partial charge on any atom is -0.385 e. The fraction of sp³-hybridized carbons (Fsp3) is 0.0769. The van der Waals surface area contributed by atoms with Crippen molar-refractivity contribution in [2.24, 2.45) is 0 Å². The van der Waals surface area contributed by atoms with Gasteiger partial charge in [0.2, 0.25) is 0 Å². The van der Waals surface area contributed by atoms with Crippen LogP contribution in [0.5, 0.6) is 0 Å². The van der Waals surface area contributed by atoms with E-state index >= 15 is 0 Å². The number of hydrogen-bond donors (Lipinski definition) is 2. The minimum absolute atomic E-state index is 0.255. The van der Waals surface area contributed by atoms with E-state index in [9.17, 15) is 9.18 Å². The van der Waals surface area contributed by atoms with Crippen molar-refractivity contribution in [3.63, 3.8) is 0 Å². The zero-order chi connectivity index (χ0) is 22.3. The van der Waals surface area contributed by atoms with Crippen LogP contribution < -0.4 is 10.6 Å². The molecule has 0 unspecified atom stereocenters. The number of anilines is 2. The topological polar surface area (TPSA) is 54.0 Å². The fourth-order valence-electron chi connectivity index (χ4n) is 3.34. The SMILES string of the molecule is O=C(Nc1ccc(NCCc2ccccn2)cc1)c1cc(F)ccc1-c1ccc(Cl)cc1. The van der Waals surface area contributed by atoms with Crippen LogP contribution in [0.3, 0.4) is 0 Å². The van der Waals surface area contributed by atoms with Crippen molar-refractivity contribution in [1.82, 2.24) is 4.98 Å². The molecule has 0 atom stereocenters. The van der Waals surface area contributed by atoms with Gasteiger partial charge in [-0.1, -0.05) is 35.9 Å². The summed E-state index contributed by atoms with van der Waals surface area (Å²) >= 11 is 5.96. The standard InChI is InChI=1S/C26H21ClFN3O/c27-19-6-4-18(5-7-19)24-13-8-20(28)17-25(24)26(32)31-23-11-9-22(10-12-23)30-16-14-21-3-1-2-15-29-21/h1-13,15,17,30H,14,16H2,(H,31,32). The molecular weight excluding hydrogens is 425 g/mol. The monoisotopic (exact) mass is 445 g/mol. The zero-order valence-electron chi connectivity index (χ0n) is 17.2. The van der Waals surface area contributed by atoms with E-state index in [1.807, 2.05) is 42.5 Å². The molecule has 0 saturated heterocycles. The number of carbonyl (C=O) groups excluding carboxylic acids is 1. The van der Waals surface area contributed by atoms with Crippen LogP contribution in [0.2, 0.25) is 5.02 Å². The highest BCUT2D eigenvalue weighted by Gasteiger charge is 2.14. The van der Waals surface area contributed by atoms with Crippen molar-refractivity contribution in [3.8, 4) is 11.1 Å². The maximum atomic E-state index is 13.9. The molecule has 32 heavy (non-hydrogen) atoms. The molecule has 3 aromatic carbocycles. The first-order valence-electron chi connectivity index (χ1n) is 10.2. The molecule has 0 radical (unpaired) electrons. The van der Waals surface area contributed by atoms with E-state index in [4.69, 9.17) is 11.6 Å². The second-order valence-corrected chi connectivity index (χ2v) is 7.66. The van der Waals surface area contributed by atoms with Crippen molar-refractivity contribution in [2.75, 3.05) is 17.2 Å². The molecule has 0 saturated carbocycles. The number of hydrogen-bond acceptors (Lipinski definition) is 3. The Kier molecular flexibility index (Phi) is 6.78. The lowest BCUT2D eigenvalue weighted by atomic mass is 9.99. The molecule has 160 valence electrons. The molecule has 0 aliphatic rings. The van der Waals surface area contributed by atoms with Crippen molar-refractivity contribution in [3.05, 3.63) is 113 Å². The molecule has 1 amide bonds. The third-order valence-corrected chi connectivity index (χ3v) is 5.21. The van der Waals surface area contributed by atoms with E-state index in [1.54, 1.807) is 36.5 Å². The summed E-state index contributed by atoms with van der Waals surface area (Å²) < 4.78 is 13.9. The molecule has 1 aromatic heterocycles. The van der Waals surface area contributed by atoms with Gasteiger partial charge in [-0.3, -0.25) is 9.78 Å². The average Bonchev–Trinajstić information content (AvgIpc) is 2.81. The number of nitrogens with zero attached hydrogens (tertiary/aromatic N) is 1. The van der Waals surface area contributed by atoms with Gasteiger partial charge in [0.15, 0.2) is 0 Å². The van der Waals surface area contributed by atoms with E-state index in [2.05, 4.69) is 15.6 Å². The van der Waals surface area contributed by atoms with Gasteiger partial charge in [0.25, 0.3) is 5.91 Å². The van der Waals surface area contributed by atoms with Gasteiger partial charge in [-0.25, -0.2) is 4.39 Å². The minimum atomic E-state index is -0.472. The van der Waals surface area contributed by atoms with Gasteiger partial charge >= 0.3 is 0 Å². The summed E-state index contributed by atoms with van der Waals surface area (Å²) in [6, 6.07) is 24.5. The van der Waals surface area contributed by atoms with Crippen molar-refractivity contribution in [1.29, 1.82) is 0 Å². The number of aromatic nitrogens is 1. The summed E-state index contributed by atoms with van der Waals surface area (Å²) in [4.78, 5) is 17.2. The predicted molar refractivity (Wildman–Crippen MR) is 128 cm³/mol. The van der Waals surface area contributed by atoms with Gasteiger partial charge in [0.05, 0.1) is 5.56 Å². The van der Waals surface area contributed by atoms with Crippen molar-refractivity contribution < 1.29 is 9.18 Å². The van der Waals surface area contributed by atoms with Crippen molar-refractivity contribution >= 4 is 28.9 Å². The molecule has 4 aromatic rings. The van der Waals surface area contributed by atoms with Crippen LogP contribution in [0.25, 0.3) is 11.1 Å². The molecule has 1 heterocycles. The van der Waals surface area contributed by atoms with Gasteiger partial charge in [-0.2, -0.15) is 0 Å². The lowest BCUT2D eigenvalue weighted by molar-refractivity contribution is 0.102. The molecule has 2 N–H and O–H groups in total. The highest BCUT2D eigenvalue weighted by molar-refractivity contribution is 6.30. The number of amides is 1. The summed E-state index contributed by atoms with van der Waals surface area (Å²) in [7, 11) is 0. The quantitative estimate of drug-likeness (QED) is 0.344. The summed E-state index contributed by atoms with van der Waals surface area (Å²) in [5.41, 5.74) is 4.25. The third-order valence-electron chi connectivity index (χ3n) is 4.96. The zero-order valence-corrected chi connectivity index (χ0v) is 17.9. The molecule has 0 aliphatic heterocycles. The Bertz CT molecular complexity index is 1200. The maximum absolute atomic E-state index is 13.9. The Morgan fingerprint density at radius 1 is 0.906 bits per heavy atom. The smallest absolute Gasteiger partial charge is 0.256 e. The highest BCUT2D eigenvalue weighted by Crippen LogP contribution is 2.27. The van der Waals surface area contributed by atoms with Crippen LogP contribution in [0.1, 0.15) is 16.1 Å². The molecule has 0 aliphatic carbocycles. The average molecular weight is 446 g/mol. The Labute approximate surface area is 191 Å². The summed E-state index contributed by atoms with van der Waals surface area (Å²) in [5, 5.41) is 6.77. The van der Waals surface area contributed by atoms with Crippen LogP contribution in [0.4, 0.5) is 15.8 Å². The van der Waals surface area contributed by atoms with Crippen LogP contribution in [-0.2, 0) is 6.42 Å². The largest absolute Gasteiger partial charge is 0.385 e. The Morgan fingerprint density at radius 2 is 1.66 bits per heavy atom. The number of nitrogens with one attached hydrogen (secondary N) is 2. The fourth-order valence-corrected chi connectivity index (χ4v) is 3.46. The maximum Gasteiger partial charge on any atom is 0.256 e. The van der Waals surface area contributed by atoms with E-state index in [-0.39, 0.29) is 11.5 Å². The summed E-state index contributed by atoms with van der Waals surface area (Å²) in [6.07, 6.45) is 2.59. The Hall–Kier alpha value is -3.70. The molecular formula is C26H21ClFN3O. The normalized spacial score (nSPS) is 10.6. The third kappa shape index (κ3) is 5.50. The molecule has 4 rings (SSSR count). The van der Waals surface area contributed by atoms with Crippen molar-refractivity contribution in [2.45, 2.75) is 6.42 Å². The Balaban J connectivity index is 1.42. The number of pyridine rings is 1. The van der Waals surface area contributed by atoms with E-state index in [0.29, 0.717) is 16.3 Å². The number of rotatable bonds is 7. The van der Waals surface area contributed by atoms with Gasteiger partial charge < -0.3 is 10.6 Å². The molecule has 6 heteroatoms. The second-order valence-electron chi connectivity index (χ2n) is 7.23. The lowest BCUT2D eigenvalue weighted by Crippen LogP contribution is -2.13. The number of halogens is 2. The first-order chi connectivity index (χ1) is 15.6. The van der Waals surface area contributed by atoms with Gasteiger partial charge in [-0.05, 0) is 71.8 Å². The first kappa shape index (κ1) is 21.5. The lowest BCUT2D eigenvalue weighted by Gasteiger charge is -2.12. The number of carbonyl (C=O) groups is 1. The van der Waals surface area contributed by atoms with Gasteiger partial charge in [0.1, 0.15) is 5.82 Å². The Morgan fingerprint density at radius 3 is 2.38 bits per heavy atom. The first-order valence-corrected chi connectivity index (χ1v) is 10.6. The van der Waals surface area contributed by atoms with E-state index in [0.717, 1.165) is 29.9 Å². The summed E-state index contributed by atoms with van der Waals surface area (Å²) in [6.45, 7) is 0.746. The van der Waals surface area contributed by atoms with E-state index < -0.39 is 5.82 Å². The summed E-state index contributed by atoms with van der Waals surface area (Å²) in [5.74, 6) is -0.856. The van der Waals surface area contributed by atoms with Crippen LogP contribution in [0, 0.1) is 5.82 Å². The molecule has 4 nitrogen and oxygen atoms in total. The highest BCUT2D eigenvalue weighted by atomic mass is 35.5. The predicted octanol–water partition coefficient (Wildman–Crippen LogP) is 6.45. The van der Waals surface area contributed by atoms with Gasteiger partial charge in [-0.15, -0.1) is 0 Å². The van der Waals surface area contributed by atoms with E-state index in [1.165, 1.54) is 12.1 Å². The molecule has 0 fully saturated rings. The van der Waals surface area contributed by atoms with Crippen LogP contribution >= 0.6 is 11.6 Å². The second kappa shape index (κ2) is 10.1. The van der Waals surface area contributed by atoms with Gasteiger partial charge in [0, 0.05) is 41.3 Å².